The summed E-state index contributed by atoms with van der Waals surface area (Å²) >= 11 is 7.47. The highest BCUT2D eigenvalue weighted by Crippen LogP contribution is 2.21. The molecule has 1 N–H and O–H groups in total. The molecule has 0 aliphatic rings. The second-order valence-corrected chi connectivity index (χ2v) is 5.09. The molecule has 0 bridgehead atoms. The topological polar surface area (TPSA) is 12.0 Å². The quantitative estimate of drug-likeness (QED) is 0.855. The highest BCUT2D eigenvalue weighted by Gasteiger charge is 1.97. The van der Waals surface area contributed by atoms with E-state index in [4.69, 9.17) is 11.6 Å². The third-order valence-electron chi connectivity index (χ3n) is 2.10. The molecule has 0 saturated carbocycles. The first-order valence-corrected chi connectivity index (χ1v) is 6.03. The molecule has 78 valence electrons. The summed E-state index contributed by atoms with van der Waals surface area (Å²) in [4.78, 5) is 1.27. The zero-order chi connectivity index (χ0) is 10.5. The molecule has 1 aromatic heterocycles. The largest absolute Gasteiger partial charge is 0.308 e. The molecule has 0 unspecified atom stereocenters. The summed E-state index contributed by atoms with van der Waals surface area (Å²) in [6, 6.07) is 14.4. The van der Waals surface area contributed by atoms with E-state index in [0.717, 1.165) is 17.4 Å². The molecule has 15 heavy (non-hydrogen) atoms. The maximum absolute atomic E-state index is 5.85. The van der Waals surface area contributed by atoms with Crippen molar-refractivity contribution in [3.8, 4) is 0 Å². The summed E-state index contributed by atoms with van der Waals surface area (Å²) in [5.74, 6) is 0. The van der Waals surface area contributed by atoms with E-state index in [1.54, 1.807) is 11.3 Å². The van der Waals surface area contributed by atoms with Crippen LogP contribution in [0.1, 0.15) is 10.4 Å². The molecule has 0 aliphatic heterocycles. The molecule has 1 aromatic carbocycles. The van der Waals surface area contributed by atoms with Gasteiger partial charge in [-0.1, -0.05) is 41.9 Å². The van der Waals surface area contributed by atoms with Gasteiger partial charge in [0, 0.05) is 18.0 Å². The molecule has 2 rings (SSSR count). The van der Waals surface area contributed by atoms with Gasteiger partial charge in [-0.25, -0.2) is 0 Å². The predicted molar refractivity (Wildman–Crippen MR) is 66.3 cm³/mol. The van der Waals surface area contributed by atoms with Crippen LogP contribution in [-0.2, 0) is 13.1 Å². The molecule has 0 amide bonds. The van der Waals surface area contributed by atoms with Crippen molar-refractivity contribution in [3.05, 3.63) is 57.2 Å². The van der Waals surface area contributed by atoms with Crippen LogP contribution >= 0.6 is 22.9 Å². The molecular formula is C12H12ClNS. The lowest BCUT2D eigenvalue weighted by atomic mass is 10.2. The normalized spacial score (nSPS) is 10.5. The van der Waals surface area contributed by atoms with Gasteiger partial charge >= 0.3 is 0 Å². The third kappa shape index (κ3) is 3.34. The Hall–Kier alpha value is -0.830. The van der Waals surface area contributed by atoms with E-state index >= 15 is 0 Å². The van der Waals surface area contributed by atoms with Gasteiger partial charge in [0.2, 0.25) is 0 Å². The number of nitrogens with one attached hydrogen (secondary N) is 1. The van der Waals surface area contributed by atoms with Crippen LogP contribution in [-0.4, -0.2) is 0 Å². The Balaban J connectivity index is 1.80. The minimum Gasteiger partial charge on any atom is -0.308 e. The van der Waals surface area contributed by atoms with Crippen molar-refractivity contribution in [1.82, 2.24) is 5.32 Å². The number of hydrogen-bond donors (Lipinski definition) is 1. The van der Waals surface area contributed by atoms with Crippen molar-refractivity contribution >= 4 is 22.9 Å². The third-order valence-corrected chi connectivity index (χ3v) is 3.33. The molecule has 0 spiro atoms. The lowest BCUT2D eigenvalue weighted by molar-refractivity contribution is 0.701. The Morgan fingerprint density at radius 3 is 2.47 bits per heavy atom. The van der Waals surface area contributed by atoms with Crippen LogP contribution in [0, 0.1) is 0 Å². The Labute approximate surface area is 98.7 Å². The molecule has 0 saturated heterocycles. The van der Waals surface area contributed by atoms with Gasteiger partial charge in [-0.3, -0.25) is 0 Å². The minimum absolute atomic E-state index is 0.853. The first kappa shape index (κ1) is 10.7. The summed E-state index contributed by atoms with van der Waals surface area (Å²) in [6.45, 7) is 1.78. The molecular weight excluding hydrogens is 226 g/mol. The first-order valence-electron chi connectivity index (χ1n) is 4.83. The van der Waals surface area contributed by atoms with Gasteiger partial charge in [0.05, 0.1) is 4.34 Å². The lowest BCUT2D eigenvalue weighted by Crippen LogP contribution is -2.11. The van der Waals surface area contributed by atoms with Gasteiger partial charge in [0.1, 0.15) is 0 Å². The lowest BCUT2D eigenvalue weighted by Gasteiger charge is -2.02. The number of benzene rings is 1. The summed E-state index contributed by atoms with van der Waals surface area (Å²) in [6.07, 6.45) is 0. The standard InChI is InChI=1S/C12H12ClNS/c13-12-7-6-11(15-12)9-14-8-10-4-2-1-3-5-10/h1-7,14H,8-9H2. The van der Waals surface area contributed by atoms with Gasteiger partial charge < -0.3 is 5.32 Å². The molecule has 0 atom stereocenters. The summed E-state index contributed by atoms with van der Waals surface area (Å²) < 4.78 is 0.853. The molecule has 0 aliphatic carbocycles. The molecule has 0 radical (unpaired) electrons. The first-order chi connectivity index (χ1) is 7.34. The van der Waals surface area contributed by atoms with Crippen molar-refractivity contribution < 1.29 is 0 Å². The van der Waals surface area contributed by atoms with Gasteiger partial charge in [0.25, 0.3) is 0 Å². The average molecular weight is 238 g/mol. The minimum atomic E-state index is 0.853. The fourth-order valence-corrected chi connectivity index (χ4v) is 2.43. The van der Waals surface area contributed by atoms with Crippen molar-refractivity contribution in [2.24, 2.45) is 0 Å². The van der Waals surface area contributed by atoms with E-state index in [1.807, 2.05) is 12.1 Å². The van der Waals surface area contributed by atoms with Crippen LogP contribution in [0.3, 0.4) is 0 Å². The molecule has 0 fully saturated rings. The summed E-state index contributed by atoms with van der Waals surface area (Å²) in [7, 11) is 0. The Bertz CT molecular complexity index is 411. The smallest absolute Gasteiger partial charge is 0.0931 e. The van der Waals surface area contributed by atoms with Crippen LogP contribution in [0.15, 0.2) is 42.5 Å². The second-order valence-electron chi connectivity index (χ2n) is 3.29. The number of halogens is 1. The number of hydrogen-bond acceptors (Lipinski definition) is 2. The van der Waals surface area contributed by atoms with E-state index in [1.165, 1.54) is 10.4 Å². The van der Waals surface area contributed by atoms with Gasteiger partial charge in [-0.05, 0) is 17.7 Å². The zero-order valence-electron chi connectivity index (χ0n) is 8.24. The maximum Gasteiger partial charge on any atom is 0.0931 e. The Kier molecular flexibility index (Phi) is 3.78. The number of rotatable bonds is 4. The van der Waals surface area contributed by atoms with E-state index in [-0.39, 0.29) is 0 Å². The van der Waals surface area contributed by atoms with Gasteiger partial charge in [0.15, 0.2) is 0 Å². The molecule has 1 heterocycles. The van der Waals surface area contributed by atoms with Crippen LogP contribution in [0.25, 0.3) is 0 Å². The average Bonchev–Trinajstić information content (AvgIpc) is 2.66. The fraction of sp³-hybridized carbons (Fsp3) is 0.167. The van der Waals surface area contributed by atoms with E-state index in [0.29, 0.717) is 0 Å². The van der Waals surface area contributed by atoms with Crippen LogP contribution < -0.4 is 5.32 Å². The summed E-state index contributed by atoms with van der Waals surface area (Å²) in [5.41, 5.74) is 1.31. The summed E-state index contributed by atoms with van der Waals surface area (Å²) in [5, 5.41) is 3.38. The maximum atomic E-state index is 5.85. The monoisotopic (exact) mass is 237 g/mol. The van der Waals surface area contributed by atoms with Gasteiger partial charge in [-0.2, -0.15) is 0 Å². The fourth-order valence-electron chi connectivity index (χ4n) is 1.37. The van der Waals surface area contributed by atoms with Crippen LogP contribution in [0.2, 0.25) is 4.34 Å². The SMILES string of the molecule is Clc1ccc(CNCc2ccccc2)s1. The van der Waals surface area contributed by atoms with Crippen LogP contribution in [0.4, 0.5) is 0 Å². The number of thiophene rings is 1. The van der Waals surface area contributed by atoms with Crippen molar-refractivity contribution in [3.63, 3.8) is 0 Å². The van der Waals surface area contributed by atoms with Crippen molar-refractivity contribution in [1.29, 1.82) is 0 Å². The molecule has 1 nitrogen and oxygen atoms in total. The highest BCUT2D eigenvalue weighted by atomic mass is 35.5. The van der Waals surface area contributed by atoms with Crippen molar-refractivity contribution in [2.45, 2.75) is 13.1 Å². The zero-order valence-corrected chi connectivity index (χ0v) is 9.81. The van der Waals surface area contributed by atoms with E-state index in [2.05, 4.69) is 35.6 Å². The highest BCUT2D eigenvalue weighted by molar-refractivity contribution is 7.16. The molecule has 2 aromatic rings. The van der Waals surface area contributed by atoms with Gasteiger partial charge in [-0.15, -0.1) is 11.3 Å². The molecule has 3 heteroatoms. The Morgan fingerprint density at radius 1 is 1.00 bits per heavy atom. The predicted octanol–water partition coefficient (Wildman–Crippen LogP) is 3.69. The van der Waals surface area contributed by atoms with E-state index < -0.39 is 0 Å². The van der Waals surface area contributed by atoms with Crippen molar-refractivity contribution in [2.75, 3.05) is 0 Å². The second kappa shape index (κ2) is 5.31. The van der Waals surface area contributed by atoms with E-state index in [9.17, 15) is 0 Å². The Morgan fingerprint density at radius 2 is 1.80 bits per heavy atom. The van der Waals surface area contributed by atoms with Crippen LogP contribution in [0.5, 0.6) is 0 Å².